The third-order valence-corrected chi connectivity index (χ3v) is 4.39. The van der Waals surface area contributed by atoms with E-state index in [1.807, 2.05) is 0 Å². The molecule has 1 rings (SSSR count). The number of rotatable bonds is 12. The lowest BCUT2D eigenvalue weighted by atomic mass is 9.92. The van der Waals surface area contributed by atoms with E-state index in [9.17, 15) is 24.1 Å². The van der Waals surface area contributed by atoms with Crippen molar-refractivity contribution < 1.29 is 24.1 Å². The van der Waals surface area contributed by atoms with Gasteiger partial charge in [-0.25, -0.2) is 8.78 Å². The predicted octanol–water partition coefficient (Wildman–Crippen LogP) is 4.29. The standard InChI is InChI=1S/C19H30F2O3/c1-2-3-4-5-6-7-10-16(19(22,23)24)11-8-9-15-12-17(20)14-18(21)13-15/h12-14,16,22-24H,2-11H2,1H3. The Morgan fingerprint density at radius 1 is 0.833 bits per heavy atom. The van der Waals surface area contributed by atoms with Crippen LogP contribution in [0.4, 0.5) is 8.78 Å². The number of hydrogen-bond donors (Lipinski definition) is 3. The number of benzene rings is 1. The molecule has 0 bridgehead atoms. The summed E-state index contributed by atoms with van der Waals surface area (Å²) in [6.07, 6.45) is 8.35. The average molecular weight is 344 g/mol. The van der Waals surface area contributed by atoms with Gasteiger partial charge in [0, 0.05) is 12.0 Å². The van der Waals surface area contributed by atoms with Gasteiger partial charge in [0.1, 0.15) is 11.6 Å². The first kappa shape index (κ1) is 21.0. The molecule has 0 saturated heterocycles. The van der Waals surface area contributed by atoms with Crippen LogP contribution in [0, 0.1) is 17.6 Å². The Morgan fingerprint density at radius 2 is 1.38 bits per heavy atom. The Bertz CT molecular complexity index is 452. The molecule has 1 atom stereocenters. The van der Waals surface area contributed by atoms with E-state index in [4.69, 9.17) is 0 Å². The quantitative estimate of drug-likeness (QED) is 0.392. The van der Waals surface area contributed by atoms with E-state index in [0.29, 0.717) is 31.2 Å². The molecule has 3 nitrogen and oxygen atoms in total. The minimum atomic E-state index is -2.70. The fourth-order valence-corrected chi connectivity index (χ4v) is 3.01. The number of halogens is 2. The fraction of sp³-hybridized carbons (Fsp3) is 0.684. The van der Waals surface area contributed by atoms with E-state index in [1.165, 1.54) is 31.4 Å². The van der Waals surface area contributed by atoms with Crippen molar-refractivity contribution in [3.8, 4) is 0 Å². The molecule has 1 aromatic carbocycles. The van der Waals surface area contributed by atoms with E-state index in [-0.39, 0.29) is 0 Å². The molecule has 1 aromatic rings. The van der Waals surface area contributed by atoms with E-state index < -0.39 is 23.5 Å². The molecule has 0 saturated carbocycles. The molecule has 0 aromatic heterocycles. The number of aryl methyl sites for hydroxylation is 1. The van der Waals surface area contributed by atoms with Crippen LogP contribution in [0.25, 0.3) is 0 Å². The van der Waals surface area contributed by atoms with Crippen molar-refractivity contribution in [2.45, 2.75) is 77.1 Å². The van der Waals surface area contributed by atoms with E-state index >= 15 is 0 Å². The van der Waals surface area contributed by atoms with E-state index in [0.717, 1.165) is 25.3 Å². The maximum Gasteiger partial charge on any atom is 0.278 e. The second-order valence-electron chi connectivity index (χ2n) is 6.61. The first-order valence-electron chi connectivity index (χ1n) is 8.95. The Labute approximate surface area is 143 Å². The van der Waals surface area contributed by atoms with Gasteiger partial charge >= 0.3 is 0 Å². The van der Waals surface area contributed by atoms with Crippen molar-refractivity contribution in [2.24, 2.45) is 5.92 Å². The molecule has 0 radical (unpaired) electrons. The van der Waals surface area contributed by atoms with Crippen molar-refractivity contribution >= 4 is 0 Å². The van der Waals surface area contributed by atoms with Crippen LogP contribution in [-0.2, 0) is 6.42 Å². The molecule has 24 heavy (non-hydrogen) atoms. The van der Waals surface area contributed by atoms with Crippen LogP contribution in [0.1, 0.15) is 70.3 Å². The minimum Gasteiger partial charge on any atom is -0.343 e. The van der Waals surface area contributed by atoms with Crippen LogP contribution in [0.5, 0.6) is 0 Å². The molecule has 0 amide bonds. The summed E-state index contributed by atoms with van der Waals surface area (Å²) in [5.41, 5.74) is 0.533. The highest BCUT2D eigenvalue weighted by Gasteiger charge is 2.30. The molecule has 0 heterocycles. The third kappa shape index (κ3) is 8.71. The molecule has 1 unspecified atom stereocenters. The van der Waals surface area contributed by atoms with Crippen LogP contribution >= 0.6 is 0 Å². The monoisotopic (exact) mass is 344 g/mol. The zero-order valence-corrected chi connectivity index (χ0v) is 14.5. The van der Waals surface area contributed by atoms with Gasteiger partial charge in [0.15, 0.2) is 0 Å². The highest BCUT2D eigenvalue weighted by molar-refractivity contribution is 5.17. The van der Waals surface area contributed by atoms with Crippen molar-refractivity contribution in [3.63, 3.8) is 0 Å². The van der Waals surface area contributed by atoms with E-state index in [2.05, 4.69) is 6.92 Å². The van der Waals surface area contributed by atoms with Gasteiger partial charge in [0.2, 0.25) is 0 Å². The first-order chi connectivity index (χ1) is 11.3. The maximum absolute atomic E-state index is 13.1. The summed E-state index contributed by atoms with van der Waals surface area (Å²) >= 11 is 0. The lowest BCUT2D eigenvalue weighted by Gasteiger charge is -2.26. The summed E-state index contributed by atoms with van der Waals surface area (Å²) in [6, 6.07) is 3.37. The molecular weight excluding hydrogens is 314 g/mol. The summed E-state index contributed by atoms with van der Waals surface area (Å²) in [4.78, 5) is 0. The molecule has 0 aliphatic heterocycles. The van der Waals surface area contributed by atoms with Gasteiger partial charge < -0.3 is 15.3 Å². The minimum absolute atomic E-state index is 0.386. The zero-order chi connectivity index (χ0) is 18.0. The molecule has 0 spiro atoms. The highest BCUT2D eigenvalue weighted by Crippen LogP contribution is 2.25. The first-order valence-corrected chi connectivity index (χ1v) is 8.95. The molecule has 3 N–H and O–H groups in total. The average Bonchev–Trinajstić information content (AvgIpc) is 2.46. The van der Waals surface area contributed by atoms with E-state index in [1.54, 1.807) is 0 Å². The normalized spacial score (nSPS) is 13.2. The van der Waals surface area contributed by atoms with Crippen molar-refractivity contribution in [1.29, 1.82) is 0 Å². The molecule has 0 aliphatic rings. The second kappa shape index (κ2) is 10.7. The second-order valence-corrected chi connectivity index (χ2v) is 6.61. The molecule has 0 fully saturated rings. The topological polar surface area (TPSA) is 60.7 Å². The Kier molecular flexibility index (Phi) is 9.41. The van der Waals surface area contributed by atoms with Crippen LogP contribution in [0.2, 0.25) is 0 Å². The van der Waals surface area contributed by atoms with Crippen molar-refractivity contribution in [3.05, 3.63) is 35.4 Å². The molecular formula is C19H30F2O3. The van der Waals surface area contributed by atoms with Gasteiger partial charge in [-0.15, -0.1) is 0 Å². The molecule has 5 heteroatoms. The zero-order valence-electron chi connectivity index (χ0n) is 14.5. The van der Waals surface area contributed by atoms with Crippen LogP contribution in [0.15, 0.2) is 18.2 Å². The maximum atomic E-state index is 13.1. The van der Waals surface area contributed by atoms with Gasteiger partial charge in [0.25, 0.3) is 5.97 Å². The third-order valence-electron chi connectivity index (χ3n) is 4.39. The Hall–Kier alpha value is -1.04. The van der Waals surface area contributed by atoms with Crippen LogP contribution in [-0.4, -0.2) is 21.3 Å². The van der Waals surface area contributed by atoms with Gasteiger partial charge in [-0.3, -0.25) is 0 Å². The summed E-state index contributed by atoms with van der Waals surface area (Å²) in [6.45, 7) is 2.15. The smallest absolute Gasteiger partial charge is 0.278 e. The van der Waals surface area contributed by atoms with Gasteiger partial charge in [-0.2, -0.15) is 0 Å². The van der Waals surface area contributed by atoms with Crippen LogP contribution in [0.3, 0.4) is 0 Å². The lowest BCUT2D eigenvalue weighted by molar-refractivity contribution is -0.344. The fourth-order valence-electron chi connectivity index (χ4n) is 3.01. The summed E-state index contributed by atoms with van der Waals surface area (Å²) in [5.74, 6) is -4.58. The number of unbranched alkanes of at least 4 members (excludes halogenated alkanes) is 5. The highest BCUT2D eigenvalue weighted by atomic mass is 19.1. The Balaban J connectivity index is 2.37. The van der Waals surface area contributed by atoms with Gasteiger partial charge in [-0.1, -0.05) is 45.4 Å². The number of aliphatic hydroxyl groups is 3. The molecule has 0 aliphatic carbocycles. The van der Waals surface area contributed by atoms with Crippen molar-refractivity contribution in [1.82, 2.24) is 0 Å². The lowest BCUT2D eigenvalue weighted by Crippen LogP contribution is -2.37. The van der Waals surface area contributed by atoms with Crippen LogP contribution < -0.4 is 0 Å². The predicted molar refractivity (Wildman–Crippen MR) is 90.2 cm³/mol. The van der Waals surface area contributed by atoms with Gasteiger partial charge in [0.05, 0.1) is 0 Å². The summed E-state index contributed by atoms with van der Waals surface area (Å²) < 4.78 is 26.3. The summed E-state index contributed by atoms with van der Waals surface area (Å²) in [5, 5.41) is 28.5. The van der Waals surface area contributed by atoms with Gasteiger partial charge in [-0.05, 0) is 43.4 Å². The van der Waals surface area contributed by atoms with Crippen molar-refractivity contribution in [2.75, 3.05) is 0 Å². The largest absolute Gasteiger partial charge is 0.343 e. The summed E-state index contributed by atoms with van der Waals surface area (Å²) in [7, 11) is 0. The number of hydrogen-bond acceptors (Lipinski definition) is 3. The molecule has 138 valence electrons. The Morgan fingerprint density at radius 3 is 1.96 bits per heavy atom. The SMILES string of the molecule is CCCCCCCCC(CCCc1cc(F)cc(F)c1)C(O)(O)O.